The summed E-state index contributed by atoms with van der Waals surface area (Å²) in [4.78, 5) is 14.3. The molecule has 0 bridgehead atoms. The van der Waals surface area contributed by atoms with E-state index in [0.717, 1.165) is 5.56 Å². The Morgan fingerprint density at radius 2 is 2.04 bits per heavy atom. The van der Waals surface area contributed by atoms with Crippen LogP contribution in [-0.2, 0) is 15.9 Å². The molecule has 1 amide bonds. The highest BCUT2D eigenvalue weighted by molar-refractivity contribution is 6.30. The zero-order chi connectivity index (χ0) is 17.0. The van der Waals surface area contributed by atoms with Crippen LogP contribution < -0.4 is 5.73 Å². The van der Waals surface area contributed by atoms with Crippen LogP contribution in [0.15, 0.2) is 24.3 Å². The quantitative estimate of drug-likeness (QED) is 0.919. The number of carbonyl (C=O) groups is 1. The summed E-state index contributed by atoms with van der Waals surface area (Å²) in [6, 6.07) is 7.55. The molecule has 2 N–H and O–H groups in total. The number of nitrogens with two attached hydrogens (primary N) is 1. The average Bonchev–Trinajstić information content (AvgIpc) is 2.48. The SMILES string of the molecule is CC(C)(C)OC(=O)N1CC(CN)OCC1Cc1ccc(Cl)cc1. The second kappa shape index (κ2) is 7.51. The predicted octanol–water partition coefficient (Wildman–Crippen LogP) is 2.85. The minimum Gasteiger partial charge on any atom is -0.444 e. The molecule has 128 valence electrons. The van der Waals surface area contributed by atoms with Crippen molar-refractivity contribution in [2.45, 2.75) is 44.9 Å². The first-order valence-corrected chi connectivity index (χ1v) is 8.22. The van der Waals surface area contributed by atoms with Gasteiger partial charge in [0, 0.05) is 11.6 Å². The molecule has 1 aromatic rings. The summed E-state index contributed by atoms with van der Waals surface area (Å²) in [6.45, 7) is 6.86. The first kappa shape index (κ1) is 18.0. The fourth-order valence-corrected chi connectivity index (χ4v) is 2.63. The number of carbonyl (C=O) groups excluding carboxylic acids is 1. The van der Waals surface area contributed by atoms with Gasteiger partial charge in [-0.05, 0) is 44.9 Å². The van der Waals surface area contributed by atoms with E-state index < -0.39 is 5.60 Å². The van der Waals surface area contributed by atoms with E-state index in [1.165, 1.54) is 0 Å². The van der Waals surface area contributed by atoms with Crippen molar-refractivity contribution in [1.29, 1.82) is 0 Å². The smallest absolute Gasteiger partial charge is 0.410 e. The van der Waals surface area contributed by atoms with Gasteiger partial charge in [0.05, 0.1) is 25.3 Å². The van der Waals surface area contributed by atoms with Gasteiger partial charge in [-0.1, -0.05) is 23.7 Å². The molecule has 6 heteroatoms. The van der Waals surface area contributed by atoms with E-state index in [1.807, 2.05) is 45.0 Å². The molecule has 1 aliphatic rings. The molecule has 2 rings (SSSR count). The Bertz CT molecular complexity index is 528. The summed E-state index contributed by atoms with van der Waals surface area (Å²) < 4.78 is 11.3. The molecule has 1 fully saturated rings. The average molecular weight is 341 g/mol. The monoisotopic (exact) mass is 340 g/mol. The molecule has 0 radical (unpaired) electrons. The van der Waals surface area contributed by atoms with Gasteiger partial charge in [0.15, 0.2) is 0 Å². The number of hydrogen-bond acceptors (Lipinski definition) is 4. The Kier molecular flexibility index (Phi) is 5.89. The highest BCUT2D eigenvalue weighted by atomic mass is 35.5. The van der Waals surface area contributed by atoms with Crippen molar-refractivity contribution in [1.82, 2.24) is 4.90 Å². The van der Waals surface area contributed by atoms with Gasteiger partial charge in [0.1, 0.15) is 5.60 Å². The molecule has 0 saturated carbocycles. The van der Waals surface area contributed by atoms with E-state index in [9.17, 15) is 4.79 Å². The maximum Gasteiger partial charge on any atom is 0.410 e. The Hall–Kier alpha value is -1.30. The van der Waals surface area contributed by atoms with Crippen LogP contribution in [0.3, 0.4) is 0 Å². The lowest BCUT2D eigenvalue weighted by Gasteiger charge is -2.40. The Balaban J connectivity index is 2.11. The normalized spacial score (nSPS) is 22.0. The highest BCUT2D eigenvalue weighted by Gasteiger charge is 2.34. The molecule has 2 unspecified atom stereocenters. The van der Waals surface area contributed by atoms with E-state index in [-0.39, 0.29) is 18.2 Å². The summed E-state index contributed by atoms with van der Waals surface area (Å²) in [7, 11) is 0. The second-order valence-corrected chi connectivity index (χ2v) is 7.24. The first-order valence-electron chi connectivity index (χ1n) is 7.84. The molecule has 1 aromatic carbocycles. The van der Waals surface area contributed by atoms with Crippen LogP contribution in [0.5, 0.6) is 0 Å². The molecule has 1 saturated heterocycles. The maximum atomic E-state index is 12.5. The molecule has 1 heterocycles. The van der Waals surface area contributed by atoms with E-state index >= 15 is 0 Å². The van der Waals surface area contributed by atoms with Crippen molar-refractivity contribution >= 4 is 17.7 Å². The molecule has 0 aliphatic carbocycles. The number of rotatable bonds is 3. The number of halogens is 1. The van der Waals surface area contributed by atoms with Crippen LogP contribution in [0.25, 0.3) is 0 Å². The highest BCUT2D eigenvalue weighted by Crippen LogP contribution is 2.20. The van der Waals surface area contributed by atoms with Gasteiger partial charge in [-0.15, -0.1) is 0 Å². The van der Waals surface area contributed by atoms with Gasteiger partial charge in [-0.2, -0.15) is 0 Å². The van der Waals surface area contributed by atoms with E-state index in [4.69, 9.17) is 26.8 Å². The van der Waals surface area contributed by atoms with Crippen LogP contribution in [-0.4, -0.2) is 48.4 Å². The minimum absolute atomic E-state index is 0.0752. The van der Waals surface area contributed by atoms with Gasteiger partial charge in [-0.25, -0.2) is 4.79 Å². The predicted molar refractivity (Wildman–Crippen MR) is 90.7 cm³/mol. The van der Waals surface area contributed by atoms with Crippen LogP contribution in [0.2, 0.25) is 5.02 Å². The Morgan fingerprint density at radius 1 is 1.39 bits per heavy atom. The van der Waals surface area contributed by atoms with Crippen LogP contribution >= 0.6 is 11.6 Å². The number of hydrogen-bond donors (Lipinski definition) is 1. The van der Waals surface area contributed by atoms with Crippen molar-refractivity contribution < 1.29 is 14.3 Å². The lowest BCUT2D eigenvalue weighted by Crippen LogP contribution is -2.55. The Labute approximate surface area is 142 Å². The molecule has 5 nitrogen and oxygen atoms in total. The third-order valence-corrected chi connectivity index (χ3v) is 3.89. The lowest BCUT2D eigenvalue weighted by molar-refractivity contribution is -0.0659. The number of benzene rings is 1. The largest absolute Gasteiger partial charge is 0.444 e. The summed E-state index contributed by atoms with van der Waals surface area (Å²) in [5.74, 6) is 0. The molecule has 0 spiro atoms. The number of nitrogens with zero attached hydrogens (tertiary/aromatic N) is 1. The van der Waals surface area contributed by atoms with Crippen molar-refractivity contribution in [2.24, 2.45) is 5.73 Å². The maximum absolute atomic E-state index is 12.5. The molecule has 1 aliphatic heterocycles. The van der Waals surface area contributed by atoms with E-state index in [0.29, 0.717) is 31.1 Å². The second-order valence-electron chi connectivity index (χ2n) is 6.81. The van der Waals surface area contributed by atoms with Crippen molar-refractivity contribution in [2.75, 3.05) is 19.7 Å². The summed E-state index contributed by atoms with van der Waals surface area (Å²) in [5, 5.41) is 0.695. The van der Waals surface area contributed by atoms with E-state index in [2.05, 4.69) is 0 Å². The first-order chi connectivity index (χ1) is 10.8. The van der Waals surface area contributed by atoms with Crippen LogP contribution in [0, 0.1) is 0 Å². The fraction of sp³-hybridized carbons (Fsp3) is 0.588. The van der Waals surface area contributed by atoms with Crippen LogP contribution in [0.1, 0.15) is 26.3 Å². The lowest BCUT2D eigenvalue weighted by atomic mass is 10.0. The van der Waals surface area contributed by atoms with E-state index in [1.54, 1.807) is 4.90 Å². The zero-order valence-corrected chi connectivity index (χ0v) is 14.7. The summed E-state index contributed by atoms with van der Waals surface area (Å²) >= 11 is 5.92. The molecule has 23 heavy (non-hydrogen) atoms. The third kappa shape index (κ3) is 5.37. The van der Waals surface area contributed by atoms with Crippen LogP contribution in [0.4, 0.5) is 4.79 Å². The summed E-state index contributed by atoms with van der Waals surface area (Å²) in [6.07, 6.45) is 0.218. The standard InChI is InChI=1S/C17H25ClN2O3/c1-17(2,3)23-16(21)20-10-15(9-19)22-11-14(20)8-12-4-6-13(18)7-5-12/h4-7,14-15H,8-11,19H2,1-3H3. The number of ether oxygens (including phenoxy) is 2. The number of amides is 1. The molecule has 0 aromatic heterocycles. The fourth-order valence-electron chi connectivity index (χ4n) is 2.51. The van der Waals surface area contributed by atoms with Gasteiger partial charge in [0.2, 0.25) is 0 Å². The number of morpholine rings is 1. The van der Waals surface area contributed by atoms with Gasteiger partial charge < -0.3 is 15.2 Å². The third-order valence-electron chi connectivity index (χ3n) is 3.64. The van der Waals surface area contributed by atoms with Crippen molar-refractivity contribution in [3.05, 3.63) is 34.9 Å². The molecule has 2 atom stereocenters. The van der Waals surface area contributed by atoms with Crippen molar-refractivity contribution in [3.63, 3.8) is 0 Å². The van der Waals surface area contributed by atoms with Gasteiger partial charge >= 0.3 is 6.09 Å². The zero-order valence-electron chi connectivity index (χ0n) is 13.9. The summed E-state index contributed by atoms with van der Waals surface area (Å²) in [5.41, 5.74) is 6.26. The minimum atomic E-state index is -0.529. The topological polar surface area (TPSA) is 64.8 Å². The molecular weight excluding hydrogens is 316 g/mol. The Morgan fingerprint density at radius 3 is 2.61 bits per heavy atom. The van der Waals surface area contributed by atoms with Gasteiger partial charge in [0.25, 0.3) is 0 Å². The van der Waals surface area contributed by atoms with Crippen molar-refractivity contribution in [3.8, 4) is 0 Å². The molecular formula is C17H25ClN2O3. The van der Waals surface area contributed by atoms with Gasteiger partial charge in [-0.3, -0.25) is 4.90 Å².